The molecule has 1 N–H and O–H groups in total. The maximum Gasteiger partial charge on any atom is 0.225 e. The highest BCUT2D eigenvalue weighted by atomic mass is 15.3. The molecule has 24 heavy (non-hydrogen) atoms. The second-order valence-electron chi connectivity index (χ2n) is 7.39. The van der Waals surface area contributed by atoms with Crippen molar-refractivity contribution in [2.75, 3.05) is 31.1 Å². The Labute approximate surface area is 143 Å². The Bertz CT molecular complexity index is 672. The summed E-state index contributed by atoms with van der Waals surface area (Å²) in [6, 6.07) is 1.87. The number of H-pyrrole nitrogens is 1. The fourth-order valence-corrected chi connectivity index (χ4v) is 4.31. The van der Waals surface area contributed by atoms with Crippen LogP contribution in [0.25, 0.3) is 0 Å². The zero-order valence-corrected chi connectivity index (χ0v) is 14.6. The van der Waals surface area contributed by atoms with Crippen LogP contribution in [0.3, 0.4) is 0 Å². The van der Waals surface area contributed by atoms with Gasteiger partial charge in [0.2, 0.25) is 5.95 Å². The number of hydrogen-bond donors (Lipinski definition) is 1. The molecule has 4 heterocycles. The number of hydrogen-bond acceptors (Lipinski definition) is 5. The average Bonchev–Trinajstić information content (AvgIpc) is 3.09. The van der Waals surface area contributed by atoms with Crippen molar-refractivity contribution in [3.8, 4) is 0 Å². The maximum atomic E-state index is 4.74. The van der Waals surface area contributed by atoms with Crippen LogP contribution in [0.4, 0.5) is 5.95 Å². The molecule has 2 aromatic heterocycles. The van der Waals surface area contributed by atoms with E-state index in [9.17, 15) is 0 Å². The fraction of sp³-hybridized carbons (Fsp3) is 0.611. The van der Waals surface area contributed by atoms with E-state index < -0.39 is 0 Å². The molecule has 0 unspecified atom stereocenters. The molecule has 1 fully saturated rings. The van der Waals surface area contributed by atoms with Crippen molar-refractivity contribution in [1.82, 2.24) is 24.8 Å². The first-order valence-corrected chi connectivity index (χ1v) is 8.99. The van der Waals surface area contributed by atoms with Gasteiger partial charge in [0.15, 0.2) is 0 Å². The summed E-state index contributed by atoms with van der Waals surface area (Å²) in [5.41, 5.74) is 2.69. The lowest BCUT2D eigenvalue weighted by Gasteiger charge is -2.51. The summed E-state index contributed by atoms with van der Waals surface area (Å²) in [5, 5.41) is 0. The van der Waals surface area contributed by atoms with E-state index >= 15 is 0 Å². The maximum absolute atomic E-state index is 4.74. The normalized spacial score (nSPS) is 20.5. The molecule has 2 aliphatic rings. The monoisotopic (exact) mass is 326 g/mol. The van der Waals surface area contributed by atoms with Gasteiger partial charge in [0.25, 0.3) is 0 Å². The minimum atomic E-state index is 0.0726. The minimum absolute atomic E-state index is 0.0726. The minimum Gasteiger partial charge on any atom is -0.348 e. The van der Waals surface area contributed by atoms with Gasteiger partial charge in [0.1, 0.15) is 0 Å². The molecular formula is C18H26N6. The van der Waals surface area contributed by atoms with Gasteiger partial charge >= 0.3 is 0 Å². The second kappa shape index (κ2) is 6.16. The van der Waals surface area contributed by atoms with Gasteiger partial charge < -0.3 is 9.88 Å². The third-order valence-corrected chi connectivity index (χ3v) is 5.41. The second-order valence-corrected chi connectivity index (χ2v) is 7.39. The number of aromatic nitrogens is 4. The first-order chi connectivity index (χ1) is 11.7. The number of aromatic amines is 1. The van der Waals surface area contributed by atoms with Crippen molar-refractivity contribution >= 4 is 5.95 Å². The van der Waals surface area contributed by atoms with Gasteiger partial charge in [-0.15, -0.1) is 0 Å². The van der Waals surface area contributed by atoms with Crippen LogP contribution in [0.1, 0.15) is 38.1 Å². The zero-order chi connectivity index (χ0) is 16.6. The molecule has 6 nitrogen and oxygen atoms in total. The third-order valence-electron chi connectivity index (χ3n) is 5.41. The van der Waals surface area contributed by atoms with Gasteiger partial charge in [-0.05, 0) is 24.8 Å². The molecule has 0 atom stereocenters. The van der Waals surface area contributed by atoms with Crippen LogP contribution in [0.15, 0.2) is 24.8 Å². The Balaban J connectivity index is 1.60. The Kier molecular flexibility index (Phi) is 4.00. The molecule has 6 heteroatoms. The first-order valence-electron chi connectivity index (χ1n) is 8.99. The molecule has 128 valence electrons. The number of nitrogens with one attached hydrogen (secondary N) is 1. The third kappa shape index (κ3) is 2.59. The summed E-state index contributed by atoms with van der Waals surface area (Å²) in [7, 11) is 0. The number of fused-ring (bicyclic) bond motifs is 2. The van der Waals surface area contributed by atoms with Gasteiger partial charge in [-0.3, -0.25) is 4.90 Å². The Morgan fingerprint density at radius 3 is 2.58 bits per heavy atom. The number of nitrogens with zero attached hydrogens (tertiary/aromatic N) is 5. The molecule has 1 spiro atoms. The van der Waals surface area contributed by atoms with Crippen LogP contribution in [0, 0.1) is 5.92 Å². The van der Waals surface area contributed by atoms with Gasteiger partial charge in [-0.25, -0.2) is 15.0 Å². The predicted molar refractivity (Wildman–Crippen MR) is 93.9 cm³/mol. The van der Waals surface area contributed by atoms with Crippen LogP contribution in [0.2, 0.25) is 0 Å². The largest absolute Gasteiger partial charge is 0.348 e. The van der Waals surface area contributed by atoms with Crippen molar-refractivity contribution in [3.63, 3.8) is 0 Å². The Hall–Kier alpha value is -1.95. The number of anilines is 1. The van der Waals surface area contributed by atoms with Crippen LogP contribution in [-0.2, 0) is 12.0 Å². The molecule has 0 saturated carbocycles. The molecule has 0 aliphatic carbocycles. The molecule has 0 radical (unpaired) electrons. The van der Waals surface area contributed by atoms with Crippen molar-refractivity contribution in [2.24, 2.45) is 5.92 Å². The highest BCUT2D eigenvalue weighted by Gasteiger charge is 2.46. The van der Waals surface area contributed by atoms with E-state index in [0.29, 0.717) is 5.92 Å². The van der Waals surface area contributed by atoms with E-state index in [2.05, 4.69) is 38.6 Å². The van der Waals surface area contributed by atoms with Gasteiger partial charge in [0, 0.05) is 50.7 Å². The van der Waals surface area contributed by atoms with Gasteiger partial charge in [-0.1, -0.05) is 13.8 Å². The summed E-state index contributed by atoms with van der Waals surface area (Å²) in [6.07, 6.45) is 8.76. The topological polar surface area (TPSA) is 60.9 Å². The lowest BCUT2D eigenvalue weighted by molar-refractivity contribution is 0.0340. The Morgan fingerprint density at radius 2 is 1.88 bits per heavy atom. The SMILES string of the molecule is CC(C)CN1CCc2[nH]cnc2C12CCN(c1ncccn1)CC2. The standard InChI is InChI=1S/C18H26N6/c1-14(2)12-24-9-4-15-16(22-13-21-15)18(24)5-10-23(11-6-18)17-19-7-3-8-20-17/h3,7-8,13-14H,4-6,9-12H2,1-2H3,(H,21,22). The molecule has 2 aliphatic heterocycles. The lowest BCUT2D eigenvalue weighted by Crippen LogP contribution is -2.57. The first kappa shape index (κ1) is 15.6. The van der Waals surface area contributed by atoms with Gasteiger partial charge in [-0.2, -0.15) is 0 Å². The lowest BCUT2D eigenvalue weighted by atomic mass is 9.78. The van der Waals surface area contributed by atoms with Crippen LogP contribution in [-0.4, -0.2) is 51.0 Å². The summed E-state index contributed by atoms with van der Waals surface area (Å²) < 4.78 is 0. The summed E-state index contributed by atoms with van der Waals surface area (Å²) in [6.45, 7) is 8.82. The highest BCUT2D eigenvalue weighted by molar-refractivity contribution is 5.34. The van der Waals surface area contributed by atoms with Gasteiger partial charge in [0.05, 0.1) is 17.6 Å². The van der Waals surface area contributed by atoms with Crippen molar-refractivity contribution < 1.29 is 0 Å². The number of imidazole rings is 1. The molecular weight excluding hydrogens is 300 g/mol. The molecule has 0 bridgehead atoms. The van der Waals surface area contributed by atoms with Crippen LogP contribution >= 0.6 is 0 Å². The molecule has 0 amide bonds. The van der Waals surface area contributed by atoms with Crippen LogP contribution < -0.4 is 4.90 Å². The van der Waals surface area contributed by atoms with E-state index in [1.165, 1.54) is 11.4 Å². The Morgan fingerprint density at radius 1 is 1.12 bits per heavy atom. The highest BCUT2D eigenvalue weighted by Crippen LogP contribution is 2.42. The van der Waals surface area contributed by atoms with Crippen LogP contribution in [0.5, 0.6) is 0 Å². The number of rotatable bonds is 3. The van der Waals surface area contributed by atoms with E-state index in [-0.39, 0.29) is 5.54 Å². The predicted octanol–water partition coefficient (Wildman–Crippen LogP) is 2.21. The van der Waals surface area contributed by atoms with E-state index in [1.807, 2.05) is 24.8 Å². The average molecular weight is 326 g/mol. The zero-order valence-electron chi connectivity index (χ0n) is 14.6. The van der Waals surface area contributed by atoms with Crippen molar-refractivity contribution in [2.45, 2.75) is 38.6 Å². The smallest absolute Gasteiger partial charge is 0.225 e. The summed E-state index contributed by atoms with van der Waals surface area (Å²) in [5.74, 6) is 1.51. The van der Waals surface area contributed by atoms with Crippen molar-refractivity contribution in [3.05, 3.63) is 36.2 Å². The number of piperidine rings is 1. The van der Waals surface area contributed by atoms with E-state index in [0.717, 1.165) is 51.4 Å². The summed E-state index contributed by atoms with van der Waals surface area (Å²) in [4.78, 5) is 21.9. The quantitative estimate of drug-likeness (QED) is 0.937. The molecule has 4 rings (SSSR count). The van der Waals surface area contributed by atoms with E-state index in [4.69, 9.17) is 4.98 Å². The van der Waals surface area contributed by atoms with E-state index in [1.54, 1.807) is 0 Å². The molecule has 0 aromatic carbocycles. The fourth-order valence-electron chi connectivity index (χ4n) is 4.31. The molecule has 2 aromatic rings. The summed E-state index contributed by atoms with van der Waals surface area (Å²) >= 11 is 0. The van der Waals surface area contributed by atoms with Crippen molar-refractivity contribution in [1.29, 1.82) is 0 Å². The molecule has 1 saturated heterocycles.